The number of nitrogens with one attached hydrogen (secondary N) is 1. The van der Waals surface area contributed by atoms with Crippen molar-refractivity contribution in [2.45, 2.75) is 12.7 Å². The Morgan fingerprint density at radius 3 is 2.59 bits per heavy atom. The van der Waals surface area contributed by atoms with E-state index in [1.54, 1.807) is 43.5 Å². The largest absolute Gasteiger partial charge is 0.497 e. The summed E-state index contributed by atoms with van der Waals surface area (Å²) in [6.07, 6.45) is -3.29. The fraction of sp³-hybridized carbons (Fsp3) is 0.167. The molecule has 0 fully saturated rings. The number of carbonyl (C=O) groups is 1. The molecule has 0 aliphatic carbocycles. The number of hydrazone groups is 1. The highest BCUT2D eigenvalue weighted by atomic mass is 19.4. The Bertz CT molecular complexity index is 978. The van der Waals surface area contributed by atoms with Gasteiger partial charge in [-0.05, 0) is 42.0 Å². The van der Waals surface area contributed by atoms with Crippen molar-refractivity contribution in [2.24, 2.45) is 5.10 Å². The van der Waals surface area contributed by atoms with Gasteiger partial charge in [-0.25, -0.2) is 10.4 Å². The van der Waals surface area contributed by atoms with Gasteiger partial charge < -0.3 is 9.30 Å². The van der Waals surface area contributed by atoms with Gasteiger partial charge in [0.25, 0.3) is 5.91 Å². The number of para-hydroxylation sites is 2. The lowest BCUT2D eigenvalue weighted by atomic mass is 10.2. The fourth-order valence-corrected chi connectivity index (χ4v) is 2.50. The zero-order valence-corrected chi connectivity index (χ0v) is 14.2. The lowest BCUT2D eigenvalue weighted by Gasteiger charge is -2.10. The van der Waals surface area contributed by atoms with Crippen LogP contribution in [0.25, 0.3) is 11.0 Å². The van der Waals surface area contributed by atoms with Gasteiger partial charge in [-0.2, -0.15) is 18.3 Å². The highest BCUT2D eigenvalue weighted by Crippen LogP contribution is 2.31. The number of ether oxygens (including phenoxy) is 1. The summed E-state index contributed by atoms with van der Waals surface area (Å²) in [5.41, 5.74) is 3.31. The maximum Gasteiger partial charge on any atom is 0.449 e. The average Bonchev–Trinajstić information content (AvgIpc) is 3.01. The average molecular weight is 376 g/mol. The molecule has 1 amide bonds. The molecule has 2 aromatic carbocycles. The predicted molar refractivity (Wildman–Crippen MR) is 93.5 cm³/mol. The smallest absolute Gasteiger partial charge is 0.449 e. The molecule has 9 heteroatoms. The van der Waals surface area contributed by atoms with Crippen LogP contribution >= 0.6 is 0 Å². The molecular weight excluding hydrogens is 361 g/mol. The van der Waals surface area contributed by atoms with Crippen LogP contribution in [0.15, 0.2) is 53.6 Å². The van der Waals surface area contributed by atoms with Gasteiger partial charge in [0, 0.05) is 0 Å². The van der Waals surface area contributed by atoms with Gasteiger partial charge in [0.1, 0.15) is 12.3 Å². The Morgan fingerprint density at radius 2 is 1.93 bits per heavy atom. The number of amides is 1. The van der Waals surface area contributed by atoms with E-state index < -0.39 is 24.5 Å². The van der Waals surface area contributed by atoms with Crippen LogP contribution in [0.3, 0.4) is 0 Å². The van der Waals surface area contributed by atoms with Gasteiger partial charge in [-0.15, -0.1) is 0 Å². The molecule has 0 aliphatic rings. The minimum atomic E-state index is -4.67. The molecule has 1 aromatic heterocycles. The first-order valence-corrected chi connectivity index (χ1v) is 7.87. The number of halogens is 3. The van der Waals surface area contributed by atoms with Crippen LogP contribution in [0, 0.1) is 0 Å². The summed E-state index contributed by atoms with van der Waals surface area (Å²) in [6, 6.07) is 13.0. The highest BCUT2D eigenvalue weighted by Gasteiger charge is 2.37. The van der Waals surface area contributed by atoms with E-state index in [-0.39, 0.29) is 11.0 Å². The van der Waals surface area contributed by atoms with Crippen molar-refractivity contribution in [3.05, 3.63) is 59.9 Å². The molecule has 0 bridgehead atoms. The lowest BCUT2D eigenvalue weighted by Crippen LogP contribution is -2.26. The van der Waals surface area contributed by atoms with Crippen molar-refractivity contribution >= 4 is 23.2 Å². The van der Waals surface area contributed by atoms with E-state index in [9.17, 15) is 18.0 Å². The van der Waals surface area contributed by atoms with Crippen molar-refractivity contribution < 1.29 is 22.7 Å². The van der Waals surface area contributed by atoms with Crippen LogP contribution in [-0.4, -0.2) is 28.8 Å². The normalized spacial score (nSPS) is 11.9. The first kappa shape index (κ1) is 18.4. The number of fused-ring (bicyclic) bond motifs is 1. The molecule has 6 nitrogen and oxygen atoms in total. The fourth-order valence-electron chi connectivity index (χ4n) is 2.50. The zero-order valence-electron chi connectivity index (χ0n) is 14.2. The maximum absolute atomic E-state index is 13.2. The van der Waals surface area contributed by atoms with E-state index in [1.165, 1.54) is 18.3 Å². The third-order valence-electron chi connectivity index (χ3n) is 3.73. The number of aromatic nitrogens is 2. The summed E-state index contributed by atoms with van der Waals surface area (Å²) in [6.45, 7) is -0.560. The van der Waals surface area contributed by atoms with E-state index in [1.807, 2.05) is 0 Å². The summed E-state index contributed by atoms with van der Waals surface area (Å²) in [4.78, 5) is 15.7. The van der Waals surface area contributed by atoms with Gasteiger partial charge in [-0.3, -0.25) is 4.79 Å². The summed E-state index contributed by atoms with van der Waals surface area (Å²) >= 11 is 0. The van der Waals surface area contributed by atoms with Crippen molar-refractivity contribution in [3.63, 3.8) is 0 Å². The summed E-state index contributed by atoms with van der Waals surface area (Å²) in [5.74, 6) is -1.16. The first-order chi connectivity index (χ1) is 12.9. The van der Waals surface area contributed by atoms with Crippen LogP contribution in [0.1, 0.15) is 11.4 Å². The number of alkyl halides is 3. The van der Waals surface area contributed by atoms with E-state index in [4.69, 9.17) is 4.74 Å². The Balaban J connectivity index is 1.74. The van der Waals surface area contributed by atoms with E-state index >= 15 is 0 Å². The maximum atomic E-state index is 13.2. The molecule has 1 N–H and O–H groups in total. The molecule has 0 saturated heterocycles. The SMILES string of the molecule is COc1ccc(/C=N/NC(=O)Cn2c(C(F)(F)F)nc3ccccc32)cc1. The van der Waals surface area contributed by atoms with Gasteiger partial charge in [0.2, 0.25) is 5.82 Å². The number of methoxy groups -OCH3 is 1. The Morgan fingerprint density at radius 1 is 1.22 bits per heavy atom. The molecule has 0 spiro atoms. The monoisotopic (exact) mass is 376 g/mol. The van der Waals surface area contributed by atoms with Crippen molar-refractivity contribution in [1.82, 2.24) is 15.0 Å². The van der Waals surface area contributed by atoms with Crippen LogP contribution in [0.2, 0.25) is 0 Å². The second-order valence-corrected chi connectivity index (χ2v) is 5.57. The standard InChI is InChI=1S/C18H15F3N4O2/c1-27-13-8-6-12(7-9-13)10-22-24-16(26)11-25-15-5-3-2-4-14(15)23-17(25)18(19,20)21/h2-10H,11H2,1H3,(H,24,26)/b22-10+. The highest BCUT2D eigenvalue weighted by molar-refractivity contribution is 5.84. The number of imidazole rings is 1. The molecule has 140 valence electrons. The minimum Gasteiger partial charge on any atom is -0.497 e. The molecule has 27 heavy (non-hydrogen) atoms. The minimum absolute atomic E-state index is 0.166. The lowest BCUT2D eigenvalue weighted by molar-refractivity contribution is -0.147. The van der Waals surface area contributed by atoms with Crippen molar-refractivity contribution in [2.75, 3.05) is 7.11 Å². The molecular formula is C18H15F3N4O2. The van der Waals surface area contributed by atoms with Crippen molar-refractivity contribution in [1.29, 1.82) is 0 Å². The number of hydrogen-bond acceptors (Lipinski definition) is 4. The molecule has 0 aliphatic heterocycles. The van der Waals surface area contributed by atoms with Gasteiger partial charge in [-0.1, -0.05) is 12.1 Å². The second-order valence-electron chi connectivity index (χ2n) is 5.57. The molecule has 0 unspecified atom stereocenters. The second kappa shape index (κ2) is 7.48. The number of nitrogens with zero attached hydrogens (tertiary/aromatic N) is 3. The van der Waals surface area contributed by atoms with E-state index in [0.717, 1.165) is 4.57 Å². The Hall–Kier alpha value is -3.36. The predicted octanol–water partition coefficient (Wildman–Crippen LogP) is 3.21. The summed E-state index contributed by atoms with van der Waals surface area (Å²) < 4.78 is 45.5. The van der Waals surface area contributed by atoms with Crippen LogP contribution < -0.4 is 10.2 Å². The number of carbonyl (C=O) groups excluding carboxylic acids is 1. The molecule has 3 aromatic rings. The number of rotatable bonds is 5. The third kappa shape index (κ3) is 4.25. The third-order valence-corrected chi connectivity index (χ3v) is 3.73. The Labute approximate surface area is 152 Å². The molecule has 3 rings (SSSR count). The van der Waals surface area contributed by atoms with Gasteiger partial charge >= 0.3 is 6.18 Å². The molecule has 0 atom stereocenters. The van der Waals surface area contributed by atoms with Crippen LogP contribution in [0.4, 0.5) is 13.2 Å². The first-order valence-electron chi connectivity index (χ1n) is 7.87. The zero-order chi connectivity index (χ0) is 19.4. The number of hydrogen-bond donors (Lipinski definition) is 1. The van der Waals surface area contributed by atoms with Gasteiger partial charge in [0.15, 0.2) is 0 Å². The quantitative estimate of drug-likeness (QED) is 0.549. The van der Waals surface area contributed by atoms with Crippen LogP contribution in [0.5, 0.6) is 5.75 Å². The summed E-state index contributed by atoms with van der Waals surface area (Å²) in [5, 5.41) is 3.77. The summed E-state index contributed by atoms with van der Waals surface area (Å²) in [7, 11) is 1.54. The molecule has 0 saturated carbocycles. The van der Waals surface area contributed by atoms with Gasteiger partial charge in [0.05, 0.1) is 24.4 Å². The Kier molecular flexibility index (Phi) is 5.11. The molecule has 0 radical (unpaired) electrons. The van der Waals surface area contributed by atoms with Crippen LogP contribution in [-0.2, 0) is 17.5 Å². The molecule has 1 heterocycles. The van der Waals surface area contributed by atoms with Crippen molar-refractivity contribution in [3.8, 4) is 5.75 Å². The van der Waals surface area contributed by atoms with E-state index in [2.05, 4.69) is 15.5 Å². The van der Waals surface area contributed by atoms with E-state index in [0.29, 0.717) is 11.3 Å². The topological polar surface area (TPSA) is 68.5 Å². The number of benzene rings is 2.